The van der Waals surface area contributed by atoms with E-state index in [2.05, 4.69) is 6.07 Å². The van der Waals surface area contributed by atoms with Crippen molar-refractivity contribution in [3.8, 4) is 11.8 Å². The Kier molecular flexibility index (Phi) is 3.30. The second-order valence-corrected chi connectivity index (χ2v) is 2.90. The minimum Gasteiger partial charge on any atom is -0.491 e. The van der Waals surface area contributed by atoms with Crippen molar-refractivity contribution in [3.05, 3.63) is 29.8 Å². The molecule has 0 fully saturated rings. The van der Waals surface area contributed by atoms with E-state index < -0.39 is 0 Å². The molecule has 1 aromatic carbocycles. The van der Waals surface area contributed by atoms with Gasteiger partial charge in [0.05, 0.1) is 5.56 Å². The lowest BCUT2D eigenvalue weighted by Crippen LogP contribution is -2.23. The van der Waals surface area contributed by atoms with E-state index in [1.165, 1.54) is 0 Å². The van der Waals surface area contributed by atoms with Crippen LogP contribution in [0.5, 0.6) is 5.75 Å². The van der Waals surface area contributed by atoms with E-state index in [9.17, 15) is 0 Å². The minimum atomic E-state index is -0.0215. The van der Waals surface area contributed by atoms with Crippen molar-refractivity contribution in [2.75, 3.05) is 6.61 Å². The standard InChI is InChI=1S/C10H12N2O/c1-8(12)7-13-10-5-3-2-4-9(10)6-11/h2-5,8H,7,12H2,1H3/t8-/m1/s1. The Bertz CT molecular complexity index is 315. The first kappa shape index (κ1) is 9.56. The zero-order valence-electron chi connectivity index (χ0n) is 7.53. The molecule has 1 atom stereocenters. The van der Waals surface area contributed by atoms with Crippen LogP contribution in [0, 0.1) is 11.3 Å². The fourth-order valence-electron chi connectivity index (χ4n) is 0.906. The smallest absolute Gasteiger partial charge is 0.137 e. The van der Waals surface area contributed by atoms with Gasteiger partial charge in [-0.2, -0.15) is 5.26 Å². The first-order chi connectivity index (χ1) is 6.24. The summed E-state index contributed by atoms with van der Waals surface area (Å²) in [5.41, 5.74) is 6.07. The SMILES string of the molecule is C[C@@H](N)COc1ccccc1C#N. The molecule has 3 nitrogen and oxygen atoms in total. The molecule has 1 rings (SSSR count). The van der Waals surface area contributed by atoms with Crippen molar-refractivity contribution >= 4 is 0 Å². The Balaban J connectivity index is 2.71. The lowest BCUT2D eigenvalue weighted by Gasteiger charge is -2.09. The molecule has 0 amide bonds. The molecule has 0 aliphatic rings. The number of nitrogens with two attached hydrogens (primary N) is 1. The summed E-state index contributed by atoms with van der Waals surface area (Å²) in [6.45, 7) is 2.29. The first-order valence-corrected chi connectivity index (χ1v) is 4.11. The molecule has 0 saturated heterocycles. The topological polar surface area (TPSA) is 59.0 Å². The minimum absolute atomic E-state index is 0.0215. The van der Waals surface area contributed by atoms with Crippen molar-refractivity contribution in [2.45, 2.75) is 13.0 Å². The number of nitrogens with zero attached hydrogens (tertiary/aromatic N) is 1. The fourth-order valence-corrected chi connectivity index (χ4v) is 0.906. The van der Waals surface area contributed by atoms with Gasteiger partial charge in [0.2, 0.25) is 0 Å². The van der Waals surface area contributed by atoms with E-state index in [4.69, 9.17) is 15.7 Å². The summed E-state index contributed by atoms with van der Waals surface area (Å²) in [7, 11) is 0. The Morgan fingerprint density at radius 2 is 2.23 bits per heavy atom. The summed E-state index contributed by atoms with van der Waals surface area (Å²) >= 11 is 0. The molecule has 0 bridgehead atoms. The fraction of sp³-hybridized carbons (Fsp3) is 0.300. The first-order valence-electron chi connectivity index (χ1n) is 4.11. The third kappa shape index (κ3) is 2.77. The quantitative estimate of drug-likeness (QED) is 0.754. The largest absolute Gasteiger partial charge is 0.491 e. The molecule has 0 spiro atoms. The summed E-state index contributed by atoms with van der Waals surface area (Å²) in [6.07, 6.45) is 0. The maximum Gasteiger partial charge on any atom is 0.137 e. The Hall–Kier alpha value is -1.53. The maximum absolute atomic E-state index is 8.72. The Morgan fingerprint density at radius 1 is 1.54 bits per heavy atom. The highest BCUT2D eigenvalue weighted by Gasteiger charge is 2.02. The number of ether oxygens (including phenoxy) is 1. The van der Waals surface area contributed by atoms with Crippen molar-refractivity contribution in [3.63, 3.8) is 0 Å². The Morgan fingerprint density at radius 3 is 2.85 bits per heavy atom. The van der Waals surface area contributed by atoms with Crippen LogP contribution in [-0.4, -0.2) is 12.6 Å². The Labute approximate surface area is 77.7 Å². The maximum atomic E-state index is 8.72. The molecule has 0 saturated carbocycles. The lowest BCUT2D eigenvalue weighted by atomic mass is 10.2. The number of para-hydroxylation sites is 1. The molecule has 0 unspecified atom stereocenters. The second-order valence-electron chi connectivity index (χ2n) is 2.90. The van der Waals surface area contributed by atoms with Gasteiger partial charge >= 0.3 is 0 Å². The highest BCUT2D eigenvalue weighted by atomic mass is 16.5. The van der Waals surface area contributed by atoms with Crippen LogP contribution in [0.15, 0.2) is 24.3 Å². The highest BCUT2D eigenvalue weighted by molar-refractivity contribution is 5.42. The predicted molar refractivity (Wildman–Crippen MR) is 50.3 cm³/mol. The van der Waals surface area contributed by atoms with Gasteiger partial charge in [0.15, 0.2) is 0 Å². The van der Waals surface area contributed by atoms with Crippen molar-refractivity contribution < 1.29 is 4.74 Å². The van der Waals surface area contributed by atoms with E-state index in [0.29, 0.717) is 17.9 Å². The van der Waals surface area contributed by atoms with Gasteiger partial charge in [-0.3, -0.25) is 0 Å². The van der Waals surface area contributed by atoms with Crippen LogP contribution in [0.3, 0.4) is 0 Å². The third-order valence-electron chi connectivity index (χ3n) is 1.51. The van der Waals surface area contributed by atoms with Crippen LogP contribution in [0.25, 0.3) is 0 Å². The van der Waals surface area contributed by atoms with Gasteiger partial charge in [-0.25, -0.2) is 0 Å². The molecule has 3 heteroatoms. The zero-order chi connectivity index (χ0) is 9.68. The molecule has 68 valence electrons. The average Bonchev–Trinajstić information content (AvgIpc) is 2.15. The molecule has 0 radical (unpaired) electrons. The molecule has 13 heavy (non-hydrogen) atoms. The lowest BCUT2D eigenvalue weighted by molar-refractivity contribution is 0.295. The summed E-state index contributed by atoms with van der Waals surface area (Å²) in [5, 5.41) is 8.72. The molecular formula is C10H12N2O. The van der Waals surface area contributed by atoms with E-state index in [1.54, 1.807) is 18.2 Å². The van der Waals surface area contributed by atoms with E-state index in [1.807, 2.05) is 13.0 Å². The van der Waals surface area contributed by atoms with Gasteiger partial charge in [-0.15, -0.1) is 0 Å². The van der Waals surface area contributed by atoms with Crippen LogP contribution in [0.2, 0.25) is 0 Å². The molecule has 0 aromatic heterocycles. The molecule has 1 aromatic rings. The molecule has 0 heterocycles. The van der Waals surface area contributed by atoms with Gasteiger partial charge in [0.25, 0.3) is 0 Å². The number of nitriles is 1. The normalized spacial score (nSPS) is 11.8. The highest BCUT2D eigenvalue weighted by Crippen LogP contribution is 2.16. The van der Waals surface area contributed by atoms with Crippen LogP contribution in [-0.2, 0) is 0 Å². The van der Waals surface area contributed by atoms with E-state index in [0.717, 1.165) is 0 Å². The number of rotatable bonds is 3. The monoisotopic (exact) mass is 176 g/mol. The molecule has 0 aliphatic carbocycles. The van der Waals surface area contributed by atoms with Crippen LogP contribution < -0.4 is 10.5 Å². The van der Waals surface area contributed by atoms with Crippen LogP contribution in [0.4, 0.5) is 0 Å². The van der Waals surface area contributed by atoms with Gasteiger partial charge in [-0.1, -0.05) is 12.1 Å². The predicted octanol–water partition coefficient (Wildman–Crippen LogP) is 1.28. The van der Waals surface area contributed by atoms with Crippen LogP contribution >= 0.6 is 0 Å². The van der Waals surface area contributed by atoms with E-state index >= 15 is 0 Å². The average molecular weight is 176 g/mol. The van der Waals surface area contributed by atoms with Crippen molar-refractivity contribution in [2.24, 2.45) is 5.73 Å². The molecule has 2 N–H and O–H groups in total. The van der Waals surface area contributed by atoms with Gasteiger partial charge in [0.1, 0.15) is 18.4 Å². The van der Waals surface area contributed by atoms with E-state index in [-0.39, 0.29) is 6.04 Å². The second kappa shape index (κ2) is 4.48. The number of benzene rings is 1. The zero-order valence-corrected chi connectivity index (χ0v) is 7.53. The third-order valence-corrected chi connectivity index (χ3v) is 1.51. The summed E-state index contributed by atoms with van der Waals surface area (Å²) in [6, 6.07) is 9.15. The number of hydrogen-bond donors (Lipinski definition) is 1. The summed E-state index contributed by atoms with van der Waals surface area (Å²) in [4.78, 5) is 0. The van der Waals surface area contributed by atoms with Crippen molar-refractivity contribution in [1.29, 1.82) is 5.26 Å². The van der Waals surface area contributed by atoms with Crippen LogP contribution in [0.1, 0.15) is 12.5 Å². The molecule has 0 aliphatic heterocycles. The van der Waals surface area contributed by atoms with Crippen molar-refractivity contribution in [1.82, 2.24) is 0 Å². The number of hydrogen-bond acceptors (Lipinski definition) is 3. The summed E-state index contributed by atoms with van der Waals surface area (Å²) in [5.74, 6) is 0.599. The van der Waals surface area contributed by atoms with Gasteiger partial charge < -0.3 is 10.5 Å². The van der Waals surface area contributed by atoms with Gasteiger partial charge in [0, 0.05) is 6.04 Å². The molecular weight excluding hydrogens is 164 g/mol. The van der Waals surface area contributed by atoms with Gasteiger partial charge in [-0.05, 0) is 19.1 Å². The summed E-state index contributed by atoms with van der Waals surface area (Å²) < 4.78 is 5.34.